The van der Waals surface area contributed by atoms with Crippen molar-refractivity contribution in [3.8, 4) is 17.2 Å². The van der Waals surface area contributed by atoms with E-state index in [4.69, 9.17) is 14.2 Å². The number of anilines is 2. The fraction of sp³-hybridized carbons (Fsp3) is 0.516. The molecule has 0 saturated carbocycles. The van der Waals surface area contributed by atoms with E-state index in [1.54, 1.807) is 18.1 Å². The SMILES string of the molecule is COc1cc2c(N3CCN(C(=O)Nc4ccc(OC(C)C)cc4)CC3)ncnc2cc1OCCCS(=O)(=O)CCC(C)C. The Morgan fingerprint density at radius 1 is 0.977 bits per heavy atom. The second-order valence-electron chi connectivity index (χ2n) is 11.3. The van der Waals surface area contributed by atoms with Gasteiger partial charge in [-0.2, -0.15) is 0 Å². The fourth-order valence-corrected chi connectivity index (χ4v) is 6.36. The van der Waals surface area contributed by atoms with E-state index in [-0.39, 0.29) is 30.2 Å². The van der Waals surface area contributed by atoms with Crippen molar-refractivity contribution in [2.24, 2.45) is 5.92 Å². The molecule has 3 aromatic rings. The maximum absolute atomic E-state index is 12.9. The molecule has 2 amide bonds. The van der Waals surface area contributed by atoms with E-state index in [9.17, 15) is 13.2 Å². The molecular formula is C31H43N5O6S. The highest BCUT2D eigenvalue weighted by atomic mass is 32.2. The molecule has 43 heavy (non-hydrogen) atoms. The number of carbonyl (C=O) groups is 1. The van der Waals surface area contributed by atoms with Crippen LogP contribution in [0.3, 0.4) is 0 Å². The van der Waals surface area contributed by atoms with Crippen molar-refractivity contribution in [1.29, 1.82) is 0 Å². The van der Waals surface area contributed by atoms with Crippen molar-refractivity contribution >= 4 is 38.3 Å². The molecule has 4 rings (SSSR count). The molecule has 11 nitrogen and oxygen atoms in total. The average Bonchev–Trinajstić information content (AvgIpc) is 2.98. The molecule has 1 N–H and O–H groups in total. The molecule has 0 unspecified atom stereocenters. The number of carbonyl (C=O) groups excluding carboxylic acids is 1. The predicted octanol–water partition coefficient (Wildman–Crippen LogP) is 5.01. The van der Waals surface area contributed by atoms with Crippen molar-refractivity contribution in [2.75, 3.05) is 61.6 Å². The van der Waals surface area contributed by atoms with Crippen LogP contribution in [0.1, 0.15) is 40.5 Å². The molecule has 0 bridgehead atoms. The zero-order valence-electron chi connectivity index (χ0n) is 25.7. The molecule has 1 aliphatic heterocycles. The molecule has 12 heteroatoms. The minimum Gasteiger partial charge on any atom is -0.493 e. The Morgan fingerprint density at radius 3 is 2.35 bits per heavy atom. The Morgan fingerprint density at radius 2 is 1.70 bits per heavy atom. The lowest BCUT2D eigenvalue weighted by Gasteiger charge is -2.35. The minimum atomic E-state index is -3.10. The second kappa shape index (κ2) is 14.6. The standard InChI is InChI=1S/C31H43N5O6S/c1-22(2)11-18-43(38,39)17-6-16-41-29-20-27-26(19-28(29)40-5)30(33-21-32-27)35-12-14-36(15-13-35)31(37)34-24-7-9-25(10-8-24)42-23(3)4/h7-10,19-23H,6,11-18H2,1-5H3,(H,34,37). The predicted molar refractivity (Wildman–Crippen MR) is 169 cm³/mol. The van der Waals surface area contributed by atoms with Crippen molar-refractivity contribution in [3.05, 3.63) is 42.7 Å². The van der Waals surface area contributed by atoms with Gasteiger partial charge in [0.1, 0.15) is 27.7 Å². The molecule has 0 atom stereocenters. The Labute approximate surface area is 254 Å². The highest BCUT2D eigenvalue weighted by molar-refractivity contribution is 7.91. The largest absolute Gasteiger partial charge is 0.493 e. The van der Waals surface area contributed by atoms with Crippen LogP contribution in [0, 0.1) is 5.92 Å². The van der Waals surface area contributed by atoms with Gasteiger partial charge < -0.3 is 29.3 Å². The first-order valence-electron chi connectivity index (χ1n) is 14.8. The summed E-state index contributed by atoms with van der Waals surface area (Å²) in [6.45, 7) is 10.5. The number of nitrogens with zero attached hydrogens (tertiary/aromatic N) is 4. The number of amides is 2. The van der Waals surface area contributed by atoms with Gasteiger partial charge in [-0.15, -0.1) is 0 Å². The third kappa shape index (κ3) is 9.09. The molecular weight excluding hydrogens is 570 g/mol. The molecule has 1 fully saturated rings. The molecule has 0 aliphatic carbocycles. The monoisotopic (exact) mass is 613 g/mol. The van der Waals surface area contributed by atoms with Crippen LogP contribution in [0.4, 0.5) is 16.3 Å². The lowest BCUT2D eigenvalue weighted by atomic mass is 10.2. The first kappa shape index (κ1) is 32.1. The normalized spacial score (nSPS) is 13.9. The van der Waals surface area contributed by atoms with Crippen LogP contribution >= 0.6 is 0 Å². The topological polar surface area (TPSA) is 123 Å². The van der Waals surface area contributed by atoms with Crippen molar-refractivity contribution < 1.29 is 27.4 Å². The fourth-order valence-electron chi connectivity index (χ4n) is 4.77. The zero-order chi connectivity index (χ0) is 31.0. The Hall–Kier alpha value is -3.80. The average molecular weight is 614 g/mol. The summed E-state index contributed by atoms with van der Waals surface area (Å²) in [5.41, 5.74) is 1.40. The maximum atomic E-state index is 12.9. The van der Waals surface area contributed by atoms with Gasteiger partial charge in [0.25, 0.3) is 0 Å². The Kier molecular flexibility index (Phi) is 10.9. The number of rotatable bonds is 13. The van der Waals surface area contributed by atoms with E-state index in [1.807, 2.05) is 58.0 Å². The lowest BCUT2D eigenvalue weighted by molar-refractivity contribution is 0.208. The number of nitrogens with one attached hydrogen (secondary N) is 1. The minimum absolute atomic E-state index is 0.0857. The van der Waals surface area contributed by atoms with Crippen molar-refractivity contribution in [2.45, 2.75) is 46.6 Å². The molecule has 1 aliphatic rings. The van der Waals surface area contributed by atoms with Gasteiger partial charge in [0, 0.05) is 43.3 Å². The van der Waals surface area contributed by atoms with E-state index in [1.165, 1.54) is 6.33 Å². The number of piperazine rings is 1. The molecule has 0 radical (unpaired) electrons. The van der Waals surface area contributed by atoms with E-state index in [0.29, 0.717) is 67.6 Å². The van der Waals surface area contributed by atoms with Crippen LogP contribution in [0.15, 0.2) is 42.7 Å². The van der Waals surface area contributed by atoms with Crippen LogP contribution in [-0.2, 0) is 9.84 Å². The summed E-state index contributed by atoms with van der Waals surface area (Å²) in [4.78, 5) is 25.8. The molecule has 1 saturated heterocycles. The van der Waals surface area contributed by atoms with Gasteiger partial charge >= 0.3 is 6.03 Å². The Balaban J connectivity index is 1.35. The summed E-state index contributed by atoms with van der Waals surface area (Å²) in [6, 6.07) is 10.9. The summed E-state index contributed by atoms with van der Waals surface area (Å²) in [5, 5.41) is 3.77. The zero-order valence-corrected chi connectivity index (χ0v) is 26.5. The molecule has 2 aromatic carbocycles. The van der Waals surface area contributed by atoms with Crippen LogP contribution in [0.25, 0.3) is 10.9 Å². The highest BCUT2D eigenvalue weighted by Crippen LogP contribution is 2.35. The number of aromatic nitrogens is 2. The third-order valence-corrected chi connectivity index (χ3v) is 8.88. The number of hydrogen-bond acceptors (Lipinski definition) is 9. The molecule has 0 spiro atoms. The van der Waals surface area contributed by atoms with Crippen LogP contribution in [0.5, 0.6) is 17.2 Å². The maximum Gasteiger partial charge on any atom is 0.321 e. The first-order chi connectivity index (χ1) is 20.5. The number of sulfone groups is 1. The van der Waals surface area contributed by atoms with Crippen molar-refractivity contribution in [3.63, 3.8) is 0 Å². The Bertz CT molecular complexity index is 1470. The van der Waals surface area contributed by atoms with E-state index >= 15 is 0 Å². The van der Waals surface area contributed by atoms with E-state index in [2.05, 4.69) is 20.2 Å². The number of methoxy groups -OCH3 is 1. The summed E-state index contributed by atoms with van der Waals surface area (Å²) in [5.74, 6) is 3.18. The van der Waals surface area contributed by atoms with Crippen molar-refractivity contribution in [1.82, 2.24) is 14.9 Å². The number of ether oxygens (including phenoxy) is 3. The summed E-state index contributed by atoms with van der Waals surface area (Å²) < 4.78 is 41.8. The third-order valence-electron chi connectivity index (χ3n) is 7.11. The quantitative estimate of drug-likeness (QED) is 0.265. The number of benzene rings is 2. The van der Waals surface area contributed by atoms with Gasteiger partial charge in [0.15, 0.2) is 11.5 Å². The summed E-state index contributed by atoms with van der Waals surface area (Å²) in [6.07, 6.45) is 2.66. The van der Waals surface area contributed by atoms with Gasteiger partial charge in [-0.3, -0.25) is 0 Å². The van der Waals surface area contributed by atoms with Gasteiger partial charge in [-0.1, -0.05) is 13.8 Å². The summed E-state index contributed by atoms with van der Waals surface area (Å²) >= 11 is 0. The second-order valence-corrected chi connectivity index (χ2v) is 13.7. The first-order valence-corrected chi connectivity index (χ1v) is 16.6. The van der Waals surface area contributed by atoms with Gasteiger partial charge in [-0.05, 0) is 62.9 Å². The van der Waals surface area contributed by atoms with Crippen LogP contribution in [-0.4, -0.2) is 86.8 Å². The molecule has 1 aromatic heterocycles. The van der Waals surface area contributed by atoms with Crippen LogP contribution < -0.4 is 24.4 Å². The van der Waals surface area contributed by atoms with Gasteiger partial charge in [0.05, 0.1) is 36.8 Å². The van der Waals surface area contributed by atoms with E-state index in [0.717, 1.165) is 17.0 Å². The summed E-state index contributed by atoms with van der Waals surface area (Å²) in [7, 11) is -1.54. The molecule has 2 heterocycles. The van der Waals surface area contributed by atoms with Crippen LogP contribution in [0.2, 0.25) is 0 Å². The van der Waals surface area contributed by atoms with Gasteiger partial charge in [0.2, 0.25) is 0 Å². The number of hydrogen-bond donors (Lipinski definition) is 1. The molecule has 234 valence electrons. The van der Waals surface area contributed by atoms with E-state index < -0.39 is 9.84 Å². The number of fused-ring (bicyclic) bond motifs is 1. The van der Waals surface area contributed by atoms with Gasteiger partial charge in [-0.25, -0.2) is 23.2 Å². The lowest BCUT2D eigenvalue weighted by Crippen LogP contribution is -2.50. The number of urea groups is 1. The smallest absolute Gasteiger partial charge is 0.321 e. The highest BCUT2D eigenvalue weighted by Gasteiger charge is 2.24.